The van der Waals surface area contributed by atoms with Crippen molar-refractivity contribution >= 4 is 11.7 Å². The van der Waals surface area contributed by atoms with Gasteiger partial charge in [0.15, 0.2) is 0 Å². The van der Waals surface area contributed by atoms with E-state index < -0.39 is 5.97 Å². The molecule has 0 radical (unpaired) electrons. The zero-order valence-corrected chi connectivity index (χ0v) is 12.4. The molecule has 0 saturated heterocycles. The predicted octanol–water partition coefficient (Wildman–Crippen LogP) is 4.32. The largest absolute Gasteiger partial charge is 0.478 e. The SMILES string of the molecule is CC1=CCC(C(C)(C)Nc2ccccc2C(=O)O)CC1. The van der Waals surface area contributed by atoms with Crippen LogP contribution < -0.4 is 5.32 Å². The van der Waals surface area contributed by atoms with Crippen LogP contribution in [0.15, 0.2) is 35.9 Å². The molecule has 3 heteroatoms. The van der Waals surface area contributed by atoms with Gasteiger partial charge < -0.3 is 10.4 Å². The van der Waals surface area contributed by atoms with Crippen molar-refractivity contribution in [1.29, 1.82) is 0 Å². The topological polar surface area (TPSA) is 49.3 Å². The Morgan fingerprint density at radius 3 is 2.65 bits per heavy atom. The minimum Gasteiger partial charge on any atom is -0.478 e. The molecule has 0 bridgehead atoms. The standard InChI is InChI=1S/C17H23NO2/c1-12-8-10-13(11-9-12)17(2,3)18-15-7-5-4-6-14(15)16(19)20/h4-8,13,18H,9-11H2,1-3H3,(H,19,20). The van der Waals surface area contributed by atoms with Crippen LogP contribution in [0.4, 0.5) is 5.69 Å². The highest BCUT2D eigenvalue weighted by molar-refractivity contribution is 5.94. The van der Waals surface area contributed by atoms with E-state index >= 15 is 0 Å². The van der Waals surface area contributed by atoms with E-state index in [1.807, 2.05) is 12.1 Å². The number of benzene rings is 1. The molecule has 108 valence electrons. The first-order chi connectivity index (χ1) is 9.40. The Bertz CT molecular complexity index is 532. The summed E-state index contributed by atoms with van der Waals surface area (Å²) in [6.45, 7) is 6.49. The van der Waals surface area contributed by atoms with E-state index in [2.05, 4.69) is 32.2 Å². The highest BCUT2D eigenvalue weighted by Gasteiger charge is 2.30. The van der Waals surface area contributed by atoms with Gasteiger partial charge in [0.2, 0.25) is 0 Å². The second-order valence-electron chi connectivity index (χ2n) is 6.22. The number of anilines is 1. The number of para-hydroxylation sites is 1. The molecule has 0 aromatic heterocycles. The molecule has 0 saturated carbocycles. The van der Waals surface area contributed by atoms with Crippen LogP contribution >= 0.6 is 0 Å². The Morgan fingerprint density at radius 2 is 2.05 bits per heavy atom. The number of rotatable bonds is 4. The normalized spacial score (nSPS) is 19.4. The molecule has 1 aliphatic carbocycles. The molecule has 1 aliphatic rings. The molecule has 0 amide bonds. The first kappa shape index (κ1) is 14.6. The zero-order chi connectivity index (χ0) is 14.8. The second kappa shape index (κ2) is 5.70. The molecule has 0 spiro atoms. The molecular weight excluding hydrogens is 250 g/mol. The second-order valence-corrected chi connectivity index (χ2v) is 6.22. The van der Waals surface area contributed by atoms with Crippen molar-refractivity contribution in [3.63, 3.8) is 0 Å². The summed E-state index contributed by atoms with van der Waals surface area (Å²) in [7, 11) is 0. The van der Waals surface area contributed by atoms with Gasteiger partial charge in [-0.1, -0.05) is 23.8 Å². The summed E-state index contributed by atoms with van der Waals surface area (Å²) < 4.78 is 0. The Morgan fingerprint density at radius 1 is 1.35 bits per heavy atom. The smallest absolute Gasteiger partial charge is 0.337 e. The first-order valence-corrected chi connectivity index (χ1v) is 7.16. The summed E-state index contributed by atoms with van der Waals surface area (Å²) in [6, 6.07) is 7.12. The van der Waals surface area contributed by atoms with E-state index in [-0.39, 0.29) is 5.54 Å². The van der Waals surface area contributed by atoms with E-state index in [1.165, 1.54) is 5.57 Å². The van der Waals surface area contributed by atoms with Crippen molar-refractivity contribution in [3.05, 3.63) is 41.5 Å². The fourth-order valence-electron chi connectivity index (χ4n) is 2.85. The molecule has 0 aliphatic heterocycles. The van der Waals surface area contributed by atoms with Gasteiger partial charge in [0, 0.05) is 11.2 Å². The number of carboxylic acids is 1. The summed E-state index contributed by atoms with van der Waals surface area (Å²) in [4.78, 5) is 11.3. The van der Waals surface area contributed by atoms with Crippen molar-refractivity contribution in [1.82, 2.24) is 0 Å². The summed E-state index contributed by atoms with van der Waals surface area (Å²) in [5.74, 6) is -0.365. The van der Waals surface area contributed by atoms with Gasteiger partial charge in [-0.3, -0.25) is 0 Å². The Hall–Kier alpha value is -1.77. The van der Waals surface area contributed by atoms with E-state index in [0.29, 0.717) is 17.2 Å². The maximum atomic E-state index is 11.3. The van der Waals surface area contributed by atoms with Gasteiger partial charge in [0.25, 0.3) is 0 Å². The van der Waals surface area contributed by atoms with E-state index in [9.17, 15) is 9.90 Å². The molecule has 1 atom stereocenters. The Balaban J connectivity index is 2.18. The number of hydrogen-bond donors (Lipinski definition) is 2. The average molecular weight is 273 g/mol. The van der Waals surface area contributed by atoms with Gasteiger partial charge >= 0.3 is 5.97 Å². The maximum absolute atomic E-state index is 11.3. The molecule has 1 aromatic carbocycles. The highest BCUT2D eigenvalue weighted by atomic mass is 16.4. The quantitative estimate of drug-likeness (QED) is 0.803. The number of carboxylic acid groups (broad SMARTS) is 1. The molecule has 20 heavy (non-hydrogen) atoms. The maximum Gasteiger partial charge on any atom is 0.337 e. The van der Waals surface area contributed by atoms with Crippen LogP contribution in [0.25, 0.3) is 0 Å². The Labute approximate surface area is 120 Å². The monoisotopic (exact) mass is 273 g/mol. The van der Waals surface area contributed by atoms with Crippen molar-refractivity contribution in [2.45, 2.75) is 45.6 Å². The fourth-order valence-corrected chi connectivity index (χ4v) is 2.85. The van der Waals surface area contributed by atoms with Crippen LogP contribution in [0.5, 0.6) is 0 Å². The summed E-state index contributed by atoms with van der Waals surface area (Å²) in [5, 5.41) is 12.7. The predicted molar refractivity (Wildman–Crippen MR) is 82.2 cm³/mol. The van der Waals surface area contributed by atoms with E-state index in [0.717, 1.165) is 19.3 Å². The van der Waals surface area contributed by atoms with Gasteiger partial charge in [-0.15, -0.1) is 0 Å². The highest BCUT2D eigenvalue weighted by Crippen LogP contribution is 2.34. The summed E-state index contributed by atoms with van der Waals surface area (Å²) >= 11 is 0. The lowest BCUT2D eigenvalue weighted by atomic mass is 9.77. The minimum absolute atomic E-state index is 0.122. The van der Waals surface area contributed by atoms with Gasteiger partial charge in [0.1, 0.15) is 0 Å². The third-order valence-electron chi connectivity index (χ3n) is 4.27. The lowest BCUT2D eigenvalue weighted by molar-refractivity contribution is 0.0698. The van der Waals surface area contributed by atoms with Crippen LogP contribution in [-0.4, -0.2) is 16.6 Å². The summed E-state index contributed by atoms with van der Waals surface area (Å²) in [5.41, 5.74) is 2.38. The van der Waals surface area contributed by atoms with E-state index in [4.69, 9.17) is 0 Å². The van der Waals surface area contributed by atoms with Gasteiger partial charge in [-0.05, 0) is 58.1 Å². The number of aromatic carboxylic acids is 1. The third kappa shape index (κ3) is 3.21. The molecule has 0 heterocycles. The van der Waals surface area contributed by atoms with Crippen LogP contribution in [0.3, 0.4) is 0 Å². The average Bonchev–Trinajstić information content (AvgIpc) is 2.39. The van der Waals surface area contributed by atoms with Crippen LogP contribution in [0, 0.1) is 5.92 Å². The van der Waals surface area contributed by atoms with Crippen LogP contribution in [0.2, 0.25) is 0 Å². The molecule has 0 fully saturated rings. The molecule has 2 N–H and O–H groups in total. The zero-order valence-electron chi connectivity index (χ0n) is 12.4. The summed E-state index contributed by atoms with van der Waals surface area (Å²) in [6.07, 6.45) is 5.65. The van der Waals surface area contributed by atoms with E-state index in [1.54, 1.807) is 12.1 Å². The first-order valence-electron chi connectivity index (χ1n) is 7.16. The van der Waals surface area contributed by atoms with Crippen LogP contribution in [0.1, 0.15) is 50.4 Å². The van der Waals surface area contributed by atoms with Crippen molar-refractivity contribution < 1.29 is 9.90 Å². The molecular formula is C17H23NO2. The van der Waals surface area contributed by atoms with Gasteiger partial charge in [-0.25, -0.2) is 4.79 Å². The molecule has 1 aromatic rings. The lowest BCUT2D eigenvalue weighted by Gasteiger charge is -2.38. The van der Waals surface area contributed by atoms with Crippen molar-refractivity contribution in [2.24, 2.45) is 5.92 Å². The van der Waals surface area contributed by atoms with Crippen molar-refractivity contribution in [2.75, 3.05) is 5.32 Å². The molecule has 3 nitrogen and oxygen atoms in total. The number of carbonyl (C=O) groups is 1. The number of hydrogen-bond acceptors (Lipinski definition) is 2. The number of nitrogens with one attached hydrogen (secondary N) is 1. The number of allylic oxidation sites excluding steroid dienone is 2. The Kier molecular flexibility index (Phi) is 4.17. The van der Waals surface area contributed by atoms with Gasteiger partial charge in [-0.2, -0.15) is 0 Å². The van der Waals surface area contributed by atoms with Crippen molar-refractivity contribution in [3.8, 4) is 0 Å². The van der Waals surface area contributed by atoms with Gasteiger partial charge in [0.05, 0.1) is 5.56 Å². The third-order valence-corrected chi connectivity index (χ3v) is 4.27. The van der Waals surface area contributed by atoms with Crippen LogP contribution in [-0.2, 0) is 0 Å². The molecule has 2 rings (SSSR count). The minimum atomic E-state index is -0.886. The fraction of sp³-hybridized carbons (Fsp3) is 0.471. The molecule has 1 unspecified atom stereocenters. The lowest BCUT2D eigenvalue weighted by Crippen LogP contribution is -2.40.